The number of nitrogens with zero attached hydrogens (tertiary/aromatic N) is 3. The van der Waals surface area contributed by atoms with Crippen molar-refractivity contribution in [1.29, 1.82) is 0 Å². The third kappa shape index (κ3) is 2.79. The van der Waals surface area contributed by atoms with Crippen molar-refractivity contribution in [3.63, 3.8) is 0 Å². The van der Waals surface area contributed by atoms with Crippen molar-refractivity contribution < 1.29 is 0 Å². The predicted octanol–water partition coefficient (Wildman–Crippen LogP) is 2.54. The van der Waals surface area contributed by atoms with Crippen molar-refractivity contribution in [2.24, 2.45) is 0 Å². The Morgan fingerprint density at radius 3 is 2.50 bits per heavy atom. The molecule has 0 radical (unpaired) electrons. The minimum atomic E-state index is 0.984. The van der Waals surface area contributed by atoms with Gasteiger partial charge in [0.15, 0.2) is 0 Å². The molecule has 0 aliphatic rings. The van der Waals surface area contributed by atoms with Crippen molar-refractivity contribution in [2.45, 2.75) is 6.92 Å². The Morgan fingerprint density at radius 1 is 1.06 bits per heavy atom. The minimum Gasteiger partial charge on any atom is -0.358 e. The Kier molecular flexibility index (Phi) is 3.82. The van der Waals surface area contributed by atoms with Gasteiger partial charge in [0.05, 0.1) is 5.52 Å². The summed E-state index contributed by atoms with van der Waals surface area (Å²) in [6, 6.07) is 10.5. The second kappa shape index (κ2) is 5.36. The molecule has 0 fully saturated rings. The maximum absolute atomic E-state index is 4.72. The lowest BCUT2D eigenvalue weighted by Crippen LogP contribution is -2.29. The number of aryl methyl sites for hydroxylation is 1. The fraction of sp³-hybridized carbons (Fsp3) is 0.400. The zero-order valence-corrected chi connectivity index (χ0v) is 11.6. The third-order valence-corrected chi connectivity index (χ3v) is 3.18. The normalized spacial score (nSPS) is 11.2. The van der Waals surface area contributed by atoms with Crippen LogP contribution in [0.15, 0.2) is 30.3 Å². The summed E-state index contributed by atoms with van der Waals surface area (Å²) in [6.07, 6.45) is 0. The van der Waals surface area contributed by atoms with Crippen molar-refractivity contribution in [3.05, 3.63) is 35.9 Å². The first-order chi connectivity index (χ1) is 8.58. The summed E-state index contributed by atoms with van der Waals surface area (Å²) in [5.41, 5.74) is 2.36. The summed E-state index contributed by atoms with van der Waals surface area (Å²) >= 11 is 0. The van der Waals surface area contributed by atoms with Gasteiger partial charge in [0, 0.05) is 25.5 Å². The molecule has 0 aliphatic carbocycles. The highest BCUT2D eigenvalue weighted by molar-refractivity contribution is 5.83. The summed E-state index contributed by atoms with van der Waals surface area (Å²) in [7, 11) is 6.28. The van der Waals surface area contributed by atoms with Crippen LogP contribution in [0.5, 0.6) is 0 Å². The van der Waals surface area contributed by atoms with Gasteiger partial charge in [0.1, 0.15) is 5.82 Å². The number of pyridine rings is 1. The van der Waals surface area contributed by atoms with Crippen molar-refractivity contribution in [3.8, 4) is 0 Å². The van der Waals surface area contributed by atoms with Gasteiger partial charge in [-0.05, 0) is 38.7 Å². The summed E-state index contributed by atoms with van der Waals surface area (Å²) in [6.45, 7) is 4.16. The molecule has 0 amide bonds. The number of anilines is 1. The van der Waals surface area contributed by atoms with Crippen LogP contribution in [0.4, 0.5) is 5.82 Å². The fourth-order valence-corrected chi connectivity index (χ4v) is 1.99. The lowest BCUT2D eigenvalue weighted by atomic mass is 10.1. The van der Waals surface area contributed by atoms with Gasteiger partial charge in [-0.15, -0.1) is 0 Å². The third-order valence-electron chi connectivity index (χ3n) is 3.18. The molecule has 0 aliphatic heterocycles. The lowest BCUT2D eigenvalue weighted by molar-refractivity contribution is 0.416. The van der Waals surface area contributed by atoms with Gasteiger partial charge in [-0.1, -0.05) is 18.2 Å². The molecule has 3 heteroatoms. The largest absolute Gasteiger partial charge is 0.358 e. The Labute approximate surface area is 109 Å². The Bertz CT molecular complexity index is 534. The van der Waals surface area contributed by atoms with E-state index in [4.69, 9.17) is 4.98 Å². The molecule has 3 nitrogen and oxygen atoms in total. The number of aromatic nitrogens is 1. The number of para-hydroxylation sites is 1. The molecule has 0 atom stereocenters. The quantitative estimate of drug-likeness (QED) is 0.822. The minimum absolute atomic E-state index is 0.984. The Hall–Kier alpha value is -1.61. The monoisotopic (exact) mass is 243 g/mol. The summed E-state index contributed by atoms with van der Waals surface area (Å²) in [5, 5.41) is 1.24. The maximum atomic E-state index is 4.72. The SMILES string of the molecule is Cc1cc(N(C)CCN(C)C)nc2ccccc12. The average molecular weight is 243 g/mol. The zero-order valence-electron chi connectivity index (χ0n) is 11.6. The second-order valence-electron chi connectivity index (χ2n) is 5.04. The molecular formula is C15H21N3. The van der Waals surface area contributed by atoms with E-state index in [1.165, 1.54) is 10.9 Å². The van der Waals surface area contributed by atoms with Crippen molar-refractivity contribution in [2.75, 3.05) is 39.1 Å². The molecule has 1 heterocycles. The average Bonchev–Trinajstić information content (AvgIpc) is 2.36. The first-order valence-electron chi connectivity index (χ1n) is 6.30. The van der Waals surface area contributed by atoms with Gasteiger partial charge in [-0.3, -0.25) is 0 Å². The van der Waals surface area contributed by atoms with Gasteiger partial charge in [0.2, 0.25) is 0 Å². The highest BCUT2D eigenvalue weighted by Gasteiger charge is 2.06. The molecule has 1 aromatic heterocycles. The molecule has 2 rings (SSSR count). The molecule has 2 aromatic rings. The van der Waals surface area contributed by atoms with E-state index in [2.05, 4.69) is 62.1 Å². The van der Waals surface area contributed by atoms with Crippen LogP contribution in [0, 0.1) is 6.92 Å². The van der Waals surface area contributed by atoms with Crippen LogP contribution in [-0.4, -0.2) is 44.1 Å². The van der Waals surface area contributed by atoms with Gasteiger partial charge in [-0.25, -0.2) is 4.98 Å². The number of fused-ring (bicyclic) bond motifs is 1. The highest BCUT2D eigenvalue weighted by atomic mass is 15.2. The van der Waals surface area contributed by atoms with Gasteiger partial charge < -0.3 is 9.80 Å². The van der Waals surface area contributed by atoms with Crippen LogP contribution in [0.2, 0.25) is 0 Å². The van der Waals surface area contributed by atoms with E-state index < -0.39 is 0 Å². The maximum Gasteiger partial charge on any atom is 0.129 e. The molecule has 0 bridgehead atoms. The van der Waals surface area contributed by atoms with Gasteiger partial charge in [0.25, 0.3) is 0 Å². The molecule has 0 unspecified atom stereocenters. The Balaban J connectivity index is 2.28. The first-order valence-corrected chi connectivity index (χ1v) is 6.30. The molecule has 0 spiro atoms. The number of hydrogen-bond donors (Lipinski definition) is 0. The van der Waals surface area contributed by atoms with Crippen molar-refractivity contribution in [1.82, 2.24) is 9.88 Å². The molecule has 1 aromatic carbocycles. The van der Waals surface area contributed by atoms with E-state index >= 15 is 0 Å². The van der Waals surface area contributed by atoms with Gasteiger partial charge >= 0.3 is 0 Å². The van der Waals surface area contributed by atoms with E-state index in [0.717, 1.165) is 24.4 Å². The molecule has 18 heavy (non-hydrogen) atoms. The lowest BCUT2D eigenvalue weighted by Gasteiger charge is -2.21. The van der Waals surface area contributed by atoms with E-state index in [9.17, 15) is 0 Å². The van der Waals surface area contributed by atoms with Crippen LogP contribution in [0.3, 0.4) is 0 Å². The molecule has 0 saturated heterocycles. The first kappa shape index (κ1) is 12.8. The summed E-state index contributed by atoms with van der Waals surface area (Å²) in [5.74, 6) is 1.05. The number of benzene rings is 1. The number of hydrogen-bond acceptors (Lipinski definition) is 3. The predicted molar refractivity (Wildman–Crippen MR) is 78.3 cm³/mol. The summed E-state index contributed by atoms with van der Waals surface area (Å²) < 4.78 is 0. The zero-order chi connectivity index (χ0) is 13.1. The molecular weight excluding hydrogens is 222 g/mol. The molecule has 0 saturated carbocycles. The highest BCUT2D eigenvalue weighted by Crippen LogP contribution is 2.21. The second-order valence-corrected chi connectivity index (χ2v) is 5.04. The van der Waals surface area contributed by atoms with E-state index in [1.807, 2.05) is 6.07 Å². The number of rotatable bonds is 4. The fourth-order valence-electron chi connectivity index (χ4n) is 1.99. The molecule has 0 N–H and O–H groups in total. The van der Waals surface area contributed by atoms with Crippen LogP contribution in [0.25, 0.3) is 10.9 Å². The van der Waals surface area contributed by atoms with Crippen LogP contribution < -0.4 is 4.90 Å². The summed E-state index contributed by atoms with van der Waals surface area (Å²) in [4.78, 5) is 9.11. The van der Waals surface area contributed by atoms with Crippen LogP contribution >= 0.6 is 0 Å². The smallest absolute Gasteiger partial charge is 0.129 e. The number of likely N-dealkylation sites (N-methyl/N-ethyl adjacent to an activating group) is 2. The topological polar surface area (TPSA) is 19.4 Å². The van der Waals surface area contributed by atoms with Crippen molar-refractivity contribution >= 4 is 16.7 Å². The standard InChI is InChI=1S/C15H21N3/c1-12-11-15(18(4)10-9-17(2)3)16-14-8-6-5-7-13(12)14/h5-8,11H,9-10H2,1-4H3. The van der Waals surface area contributed by atoms with E-state index in [0.29, 0.717) is 0 Å². The van der Waals surface area contributed by atoms with Crippen LogP contribution in [-0.2, 0) is 0 Å². The van der Waals surface area contributed by atoms with Gasteiger partial charge in [-0.2, -0.15) is 0 Å². The molecule has 96 valence electrons. The van der Waals surface area contributed by atoms with E-state index in [1.54, 1.807) is 0 Å². The van der Waals surface area contributed by atoms with Crippen LogP contribution in [0.1, 0.15) is 5.56 Å². The van der Waals surface area contributed by atoms with E-state index in [-0.39, 0.29) is 0 Å². The Morgan fingerprint density at radius 2 is 1.78 bits per heavy atom.